The number of nitrogens with zero attached hydrogens (tertiary/aromatic N) is 2. The fourth-order valence-electron chi connectivity index (χ4n) is 5.17. The Morgan fingerprint density at radius 3 is 2.18 bits per heavy atom. The molecule has 0 heterocycles. The molecule has 3 amide bonds. The van der Waals surface area contributed by atoms with Crippen LogP contribution in [-0.4, -0.2) is 64.4 Å². The lowest BCUT2D eigenvalue weighted by molar-refractivity contribution is -0.120. The Balaban J connectivity index is 1.69. The number of hydrogen-bond acceptors (Lipinski definition) is 4. The summed E-state index contributed by atoms with van der Waals surface area (Å²) in [6.07, 6.45) is 6.71. The van der Waals surface area contributed by atoms with Crippen molar-refractivity contribution in [3.05, 3.63) is 35.9 Å². The Labute approximate surface area is 212 Å². The second-order valence-corrected chi connectivity index (χ2v) is 11.4. The Kier molecular flexibility index (Phi) is 8.66. The third kappa shape index (κ3) is 6.39. The molecule has 0 radical (unpaired) electrons. The molecule has 0 atom stereocenters. The van der Waals surface area contributed by atoms with Crippen molar-refractivity contribution in [3.63, 3.8) is 0 Å². The number of carbonyl (C=O) groups is 2. The van der Waals surface area contributed by atoms with Gasteiger partial charge in [0, 0.05) is 32.1 Å². The van der Waals surface area contributed by atoms with Gasteiger partial charge in [-0.15, -0.1) is 0 Å². The molecule has 2 fully saturated rings. The minimum absolute atomic E-state index is 0.0294. The highest BCUT2D eigenvalue weighted by molar-refractivity contribution is 14.1. The lowest BCUT2D eigenvalue weighted by Gasteiger charge is -2.47. The van der Waals surface area contributed by atoms with Crippen LogP contribution < -0.4 is 10.6 Å². The molecule has 0 aromatic heterocycles. The van der Waals surface area contributed by atoms with Gasteiger partial charge in [0.15, 0.2) is 0 Å². The number of nitrogens with one attached hydrogen (secondary N) is 2. The second-order valence-electron chi connectivity index (χ2n) is 10.2. The number of amides is 3. The first-order valence-corrected chi connectivity index (χ1v) is 13.0. The van der Waals surface area contributed by atoms with Crippen LogP contribution >= 0.6 is 22.9 Å². The number of halogens is 1. The SMILES string of the molecule is CNC(=O)CCN(CC1(C)CCC(NC)(c2ccccc2)CC1)C(=O)N(I)CC1(O)CCC1. The van der Waals surface area contributed by atoms with Crippen molar-refractivity contribution >= 4 is 34.8 Å². The number of benzene rings is 1. The number of carbonyl (C=O) groups excluding carboxylic acids is 2. The van der Waals surface area contributed by atoms with Crippen LogP contribution in [0.5, 0.6) is 0 Å². The average Bonchev–Trinajstić information content (AvgIpc) is 2.81. The number of hydrogen-bond donors (Lipinski definition) is 3. The highest BCUT2D eigenvalue weighted by Gasteiger charge is 2.43. The van der Waals surface area contributed by atoms with E-state index < -0.39 is 5.60 Å². The second kappa shape index (κ2) is 10.9. The Bertz CT molecular complexity index is 807. The highest BCUT2D eigenvalue weighted by Crippen LogP contribution is 2.46. The summed E-state index contributed by atoms with van der Waals surface area (Å²) in [7, 11) is 3.66. The van der Waals surface area contributed by atoms with Gasteiger partial charge in [-0.1, -0.05) is 37.3 Å². The van der Waals surface area contributed by atoms with E-state index in [9.17, 15) is 14.7 Å². The summed E-state index contributed by atoms with van der Waals surface area (Å²) in [6.45, 7) is 3.57. The molecule has 0 bridgehead atoms. The van der Waals surface area contributed by atoms with E-state index in [1.807, 2.05) is 40.9 Å². The summed E-state index contributed by atoms with van der Waals surface area (Å²) in [5, 5.41) is 16.8. The van der Waals surface area contributed by atoms with E-state index in [0.717, 1.165) is 44.9 Å². The van der Waals surface area contributed by atoms with Crippen molar-refractivity contribution < 1.29 is 14.7 Å². The Hall–Kier alpha value is -1.39. The first-order chi connectivity index (χ1) is 15.6. The molecule has 3 rings (SSSR count). The van der Waals surface area contributed by atoms with Gasteiger partial charge in [0.05, 0.1) is 35.0 Å². The van der Waals surface area contributed by atoms with E-state index in [-0.39, 0.29) is 29.3 Å². The first kappa shape index (κ1) is 26.2. The summed E-state index contributed by atoms with van der Waals surface area (Å²) in [5.41, 5.74) is 0.480. The maximum atomic E-state index is 13.4. The van der Waals surface area contributed by atoms with Crippen LogP contribution in [0.4, 0.5) is 4.79 Å². The van der Waals surface area contributed by atoms with E-state index in [1.165, 1.54) is 5.56 Å². The summed E-state index contributed by atoms with van der Waals surface area (Å²) in [5.74, 6) is -0.0718. The predicted molar refractivity (Wildman–Crippen MR) is 139 cm³/mol. The number of aliphatic hydroxyl groups is 1. The molecule has 7 nitrogen and oxygen atoms in total. The minimum Gasteiger partial charge on any atom is -0.388 e. The van der Waals surface area contributed by atoms with E-state index >= 15 is 0 Å². The van der Waals surface area contributed by atoms with E-state index in [4.69, 9.17) is 0 Å². The van der Waals surface area contributed by atoms with Gasteiger partial charge in [0.25, 0.3) is 0 Å². The molecule has 2 aliphatic carbocycles. The Morgan fingerprint density at radius 2 is 1.67 bits per heavy atom. The van der Waals surface area contributed by atoms with Crippen LogP contribution in [-0.2, 0) is 10.3 Å². The molecular formula is C25H39IN4O3. The number of urea groups is 1. The van der Waals surface area contributed by atoms with Crippen molar-refractivity contribution in [2.75, 3.05) is 33.7 Å². The van der Waals surface area contributed by atoms with Crippen molar-refractivity contribution in [1.82, 2.24) is 18.6 Å². The maximum Gasteiger partial charge on any atom is 0.328 e. The fraction of sp³-hybridized carbons (Fsp3) is 0.680. The van der Waals surface area contributed by atoms with E-state index in [0.29, 0.717) is 19.6 Å². The minimum atomic E-state index is -0.764. The fourth-order valence-corrected chi connectivity index (χ4v) is 6.11. The third-order valence-corrected chi connectivity index (χ3v) is 8.53. The van der Waals surface area contributed by atoms with Crippen LogP contribution in [0, 0.1) is 5.41 Å². The molecule has 8 heteroatoms. The van der Waals surface area contributed by atoms with Crippen molar-refractivity contribution in [2.45, 2.75) is 69.4 Å². The van der Waals surface area contributed by atoms with Crippen LogP contribution in [0.25, 0.3) is 0 Å². The van der Waals surface area contributed by atoms with E-state index in [2.05, 4.69) is 41.8 Å². The molecule has 0 unspecified atom stereocenters. The summed E-state index contributed by atoms with van der Waals surface area (Å²) < 4.78 is 1.61. The summed E-state index contributed by atoms with van der Waals surface area (Å²) in [6, 6.07) is 10.5. The van der Waals surface area contributed by atoms with E-state index in [1.54, 1.807) is 10.2 Å². The van der Waals surface area contributed by atoms with Gasteiger partial charge in [-0.25, -0.2) is 4.79 Å². The first-order valence-electron chi connectivity index (χ1n) is 12.0. The highest BCUT2D eigenvalue weighted by atomic mass is 127. The molecule has 1 aromatic rings. The average molecular weight is 571 g/mol. The van der Waals surface area contributed by atoms with Gasteiger partial charge in [-0.2, -0.15) is 0 Å². The normalized spacial score (nSPS) is 26.2. The molecule has 184 valence electrons. The monoisotopic (exact) mass is 570 g/mol. The molecule has 33 heavy (non-hydrogen) atoms. The quantitative estimate of drug-likeness (QED) is 0.312. The molecule has 2 aliphatic rings. The third-order valence-electron chi connectivity index (χ3n) is 7.77. The smallest absolute Gasteiger partial charge is 0.328 e. The number of rotatable bonds is 9. The van der Waals surface area contributed by atoms with Crippen LogP contribution in [0.2, 0.25) is 0 Å². The molecular weight excluding hydrogens is 531 g/mol. The lowest BCUT2D eigenvalue weighted by Crippen LogP contribution is -2.53. The zero-order valence-corrected chi connectivity index (χ0v) is 22.4. The van der Waals surface area contributed by atoms with Gasteiger partial charge in [0.2, 0.25) is 5.91 Å². The molecule has 3 N–H and O–H groups in total. The maximum absolute atomic E-state index is 13.4. The summed E-state index contributed by atoms with van der Waals surface area (Å²) >= 11 is 2.02. The lowest BCUT2D eigenvalue weighted by atomic mass is 9.66. The van der Waals surface area contributed by atoms with Crippen LogP contribution in [0.1, 0.15) is 63.9 Å². The zero-order valence-electron chi connectivity index (χ0n) is 20.2. The molecule has 0 saturated heterocycles. The topological polar surface area (TPSA) is 84.9 Å². The van der Waals surface area contributed by atoms with Crippen LogP contribution in [0.15, 0.2) is 30.3 Å². The van der Waals surface area contributed by atoms with Crippen molar-refractivity contribution in [3.8, 4) is 0 Å². The van der Waals surface area contributed by atoms with Crippen molar-refractivity contribution in [1.29, 1.82) is 0 Å². The van der Waals surface area contributed by atoms with Crippen molar-refractivity contribution in [2.24, 2.45) is 5.41 Å². The van der Waals surface area contributed by atoms with Gasteiger partial charge < -0.3 is 20.6 Å². The van der Waals surface area contributed by atoms with Gasteiger partial charge in [-0.05, 0) is 63.0 Å². The van der Waals surface area contributed by atoms with Gasteiger partial charge in [-0.3, -0.25) is 7.91 Å². The zero-order chi connectivity index (χ0) is 24.1. The standard InChI is InChI=1S/C25H39IN4O3/c1-23(13-15-25(28-3,16-14-23)20-8-5-4-6-9-20)18-29(17-10-21(31)27-2)22(32)30(26)19-24(33)11-7-12-24/h4-6,8-9,28,33H,7,10-19H2,1-3H3,(H,27,31). The molecule has 0 spiro atoms. The summed E-state index contributed by atoms with van der Waals surface area (Å²) in [4.78, 5) is 27.1. The molecule has 1 aromatic carbocycles. The van der Waals surface area contributed by atoms with Gasteiger partial charge in [0.1, 0.15) is 0 Å². The predicted octanol–water partition coefficient (Wildman–Crippen LogP) is 3.81. The molecule has 2 saturated carbocycles. The largest absolute Gasteiger partial charge is 0.388 e. The van der Waals surface area contributed by atoms with Gasteiger partial charge >= 0.3 is 6.03 Å². The Morgan fingerprint density at radius 1 is 1.03 bits per heavy atom. The molecule has 0 aliphatic heterocycles. The van der Waals surface area contributed by atoms with Crippen LogP contribution in [0.3, 0.4) is 0 Å².